The Morgan fingerprint density at radius 1 is 1.46 bits per heavy atom. The summed E-state index contributed by atoms with van der Waals surface area (Å²) in [6.45, 7) is 0. The first kappa shape index (κ1) is 9.35. The number of halogens is 2. The number of aliphatic imine (C=N–C) groups is 1. The molecule has 1 aromatic carbocycles. The lowest BCUT2D eigenvalue weighted by atomic mass is 10.3. The Morgan fingerprint density at radius 2 is 2.15 bits per heavy atom. The van der Waals surface area contributed by atoms with E-state index < -0.39 is 17.3 Å². The van der Waals surface area contributed by atoms with Crippen LogP contribution in [0.2, 0.25) is 0 Å². The zero-order valence-corrected chi connectivity index (χ0v) is 6.67. The van der Waals surface area contributed by atoms with Gasteiger partial charge in [-0.15, -0.1) is 0 Å². The predicted molar refractivity (Wildman–Crippen MR) is 40.7 cm³/mol. The maximum atomic E-state index is 13.1. The number of carbonyl (C=O) groups excluding carboxylic acids is 1. The Morgan fingerprint density at radius 3 is 2.69 bits per heavy atom. The second-order valence-corrected chi connectivity index (χ2v) is 2.12. The molecule has 0 fully saturated rings. The van der Waals surface area contributed by atoms with Crippen LogP contribution in [0.3, 0.4) is 0 Å². The average molecular weight is 185 g/mol. The highest BCUT2D eigenvalue weighted by atomic mass is 19.1. The maximum absolute atomic E-state index is 13.1. The van der Waals surface area contributed by atoms with Crippen LogP contribution >= 0.6 is 0 Å². The van der Waals surface area contributed by atoms with Gasteiger partial charge in [0.2, 0.25) is 6.08 Å². The molecule has 0 bridgehead atoms. The summed E-state index contributed by atoms with van der Waals surface area (Å²) >= 11 is 0. The van der Waals surface area contributed by atoms with Gasteiger partial charge in [-0.05, 0) is 12.1 Å². The van der Waals surface area contributed by atoms with E-state index in [1.807, 2.05) is 0 Å². The minimum Gasteiger partial charge on any atom is -0.494 e. The summed E-state index contributed by atoms with van der Waals surface area (Å²) in [5, 5.41) is 0. The fourth-order valence-corrected chi connectivity index (χ4v) is 0.828. The number of benzene rings is 1. The summed E-state index contributed by atoms with van der Waals surface area (Å²) in [6, 6.07) is 2.06. The van der Waals surface area contributed by atoms with Gasteiger partial charge in [-0.1, -0.05) is 0 Å². The van der Waals surface area contributed by atoms with Crippen LogP contribution in [0.5, 0.6) is 5.75 Å². The molecule has 0 saturated carbocycles. The molecule has 0 spiro atoms. The lowest BCUT2D eigenvalue weighted by Crippen LogP contribution is -1.90. The molecule has 0 radical (unpaired) electrons. The van der Waals surface area contributed by atoms with Crippen LogP contribution in [0.15, 0.2) is 17.1 Å². The Bertz CT molecular complexity index is 373. The Hall–Kier alpha value is -1.74. The van der Waals surface area contributed by atoms with Crippen molar-refractivity contribution in [2.75, 3.05) is 7.11 Å². The molecule has 13 heavy (non-hydrogen) atoms. The van der Waals surface area contributed by atoms with Crippen molar-refractivity contribution in [1.82, 2.24) is 0 Å². The number of rotatable bonds is 2. The zero-order chi connectivity index (χ0) is 9.84. The molecule has 5 heteroatoms. The minimum atomic E-state index is -1.01. The highest BCUT2D eigenvalue weighted by molar-refractivity contribution is 5.53. The van der Waals surface area contributed by atoms with Gasteiger partial charge in [0, 0.05) is 0 Å². The van der Waals surface area contributed by atoms with E-state index in [0.29, 0.717) is 0 Å². The normalized spacial score (nSPS) is 9.15. The first-order valence-electron chi connectivity index (χ1n) is 3.30. The Kier molecular flexibility index (Phi) is 2.72. The van der Waals surface area contributed by atoms with Gasteiger partial charge < -0.3 is 4.74 Å². The van der Waals surface area contributed by atoms with Gasteiger partial charge in [0.05, 0.1) is 7.11 Å². The van der Waals surface area contributed by atoms with Crippen LogP contribution in [-0.4, -0.2) is 13.2 Å². The third-order valence-electron chi connectivity index (χ3n) is 1.41. The minimum absolute atomic E-state index is 0.171. The summed E-state index contributed by atoms with van der Waals surface area (Å²) in [6.07, 6.45) is 1.06. The van der Waals surface area contributed by atoms with Crippen molar-refractivity contribution < 1.29 is 18.3 Å². The van der Waals surface area contributed by atoms with E-state index in [0.717, 1.165) is 18.2 Å². The molecular formula is C8H5F2NO2. The monoisotopic (exact) mass is 185 g/mol. The van der Waals surface area contributed by atoms with Gasteiger partial charge in [-0.25, -0.2) is 13.6 Å². The molecule has 3 nitrogen and oxygen atoms in total. The van der Waals surface area contributed by atoms with Crippen LogP contribution in [0.25, 0.3) is 0 Å². The lowest BCUT2D eigenvalue weighted by Gasteiger charge is -2.02. The number of ether oxygens (including phenoxy) is 1. The van der Waals surface area contributed by atoms with E-state index in [1.54, 1.807) is 0 Å². The second kappa shape index (κ2) is 3.78. The first-order chi connectivity index (χ1) is 6.20. The molecule has 0 aliphatic heterocycles. The molecule has 0 aromatic heterocycles. The number of methoxy groups -OCH3 is 1. The molecule has 0 unspecified atom stereocenters. The van der Waals surface area contributed by atoms with Crippen molar-refractivity contribution in [1.29, 1.82) is 0 Å². The fourth-order valence-electron chi connectivity index (χ4n) is 0.828. The van der Waals surface area contributed by atoms with E-state index in [9.17, 15) is 13.6 Å². The molecule has 0 aliphatic carbocycles. The molecule has 0 aliphatic rings. The molecule has 0 atom stereocenters. The standard InChI is InChI=1S/C8H5F2NO2/c1-13-6-3-2-5(9)8(7(6)10)11-4-12/h2-3H,1H3. The van der Waals surface area contributed by atoms with Crippen molar-refractivity contribution >= 4 is 11.8 Å². The van der Waals surface area contributed by atoms with Crippen molar-refractivity contribution in [2.45, 2.75) is 0 Å². The van der Waals surface area contributed by atoms with E-state index in [-0.39, 0.29) is 5.75 Å². The van der Waals surface area contributed by atoms with Crippen molar-refractivity contribution in [3.8, 4) is 5.75 Å². The van der Waals surface area contributed by atoms with Crippen molar-refractivity contribution in [3.63, 3.8) is 0 Å². The first-order valence-corrected chi connectivity index (χ1v) is 3.30. The highest BCUT2D eigenvalue weighted by Gasteiger charge is 2.13. The largest absolute Gasteiger partial charge is 0.494 e. The van der Waals surface area contributed by atoms with Gasteiger partial charge in [0.1, 0.15) is 0 Å². The molecule has 0 amide bonds. The third kappa shape index (κ3) is 1.71. The SMILES string of the molecule is COc1ccc(F)c(N=C=O)c1F. The van der Waals surface area contributed by atoms with Crippen molar-refractivity contribution in [2.24, 2.45) is 4.99 Å². The number of isocyanates is 1. The smallest absolute Gasteiger partial charge is 0.240 e. The molecule has 1 rings (SSSR count). The van der Waals surface area contributed by atoms with Crippen LogP contribution < -0.4 is 4.74 Å². The molecule has 0 N–H and O–H groups in total. The second-order valence-electron chi connectivity index (χ2n) is 2.12. The van der Waals surface area contributed by atoms with Crippen LogP contribution in [0.1, 0.15) is 0 Å². The van der Waals surface area contributed by atoms with Gasteiger partial charge >= 0.3 is 0 Å². The third-order valence-corrected chi connectivity index (χ3v) is 1.41. The van der Waals surface area contributed by atoms with E-state index in [2.05, 4.69) is 9.73 Å². The van der Waals surface area contributed by atoms with E-state index in [1.165, 1.54) is 7.11 Å². The summed E-state index contributed by atoms with van der Waals surface area (Å²) < 4.78 is 30.4. The summed E-state index contributed by atoms with van der Waals surface area (Å²) in [5.41, 5.74) is -0.686. The molecular weight excluding hydrogens is 180 g/mol. The summed E-state index contributed by atoms with van der Waals surface area (Å²) in [5.74, 6) is -2.11. The Labute approximate surface area is 72.7 Å². The van der Waals surface area contributed by atoms with E-state index in [4.69, 9.17) is 0 Å². The van der Waals surface area contributed by atoms with Gasteiger partial charge in [-0.3, -0.25) is 0 Å². The number of hydrogen-bond donors (Lipinski definition) is 0. The molecule has 0 saturated heterocycles. The molecule has 68 valence electrons. The predicted octanol–water partition coefficient (Wildman–Crippen LogP) is 1.94. The topological polar surface area (TPSA) is 38.7 Å². The molecule has 1 aromatic rings. The highest BCUT2D eigenvalue weighted by Crippen LogP contribution is 2.28. The van der Waals surface area contributed by atoms with Crippen LogP contribution in [-0.2, 0) is 4.79 Å². The van der Waals surface area contributed by atoms with Gasteiger partial charge in [-0.2, -0.15) is 4.99 Å². The molecule has 0 heterocycles. The zero-order valence-electron chi connectivity index (χ0n) is 6.67. The maximum Gasteiger partial charge on any atom is 0.240 e. The van der Waals surface area contributed by atoms with Crippen LogP contribution in [0, 0.1) is 11.6 Å². The summed E-state index contributed by atoms with van der Waals surface area (Å²) in [7, 11) is 1.23. The quantitative estimate of drug-likeness (QED) is 0.521. The van der Waals surface area contributed by atoms with E-state index >= 15 is 0 Å². The number of nitrogens with zero attached hydrogens (tertiary/aromatic N) is 1. The van der Waals surface area contributed by atoms with Gasteiger partial charge in [0.15, 0.2) is 23.1 Å². The van der Waals surface area contributed by atoms with Crippen molar-refractivity contribution in [3.05, 3.63) is 23.8 Å². The van der Waals surface area contributed by atoms with Crippen LogP contribution in [0.4, 0.5) is 14.5 Å². The lowest BCUT2D eigenvalue weighted by molar-refractivity contribution is 0.385. The average Bonchev–Trinajstić information content (AvgIpc) is 2.12. The Balaban J connectivity index is 3.37. The summed E-state index contributed by atoms with van der Waals surface area (Å²) in [4.78, 5) is 12.7. The number of hydrogen-bond acceptors (Lipinski definition) is 3. The van der Waals surface area contributed by atoms with Gasteiger partial charge in [0.25, 0.3) is 0 Å². The fraction of sp³-hybridized carbons (Fsp3) is 0.125.